The number of nitrogens with zero attached hydrogens (tertiary/aromatic N) is 2. The molecule has 0 spiro atoms. The van der Waals surface area contributed by atoms with Crippen molar-refractivity contribution >= 4 is 35.0 Å². The normalized spacial score (nSPS) is 17.0. The molecule has 1 aliphatic rings. The molecular formula is C17H19N3O5S. The van der Waals surface area contributed by atoms with Crippen LogP contribution in [0.25, 0.3) is 0 Å². The standard InChI is InChI=1S/C17H19N3O5S/c1-4-8-25-15-11(6-5-7-12(15)23-2)10-18-20-17-19-16(22)13(26-17)9-14(21)24-3/h5-7,9-10H,4,8H2,1-3H3,(H,19,20,22)/b13-9+,18-10?. The van der Waals surface area contributed by atoms with E-state index in [1.165, 1.54) is 13.3 Å². The molecule has 138 valence electrons. The van der Waals surface area contributed by atoms with E-state index in [1.54, 1.807) is 13.2 Å². The highest BCUT2D eigenvalue weighted by molar-refractivity contribution is 8.18. The van der Waals surface area contributed by atoms with Crippen molar-refractivity contribution in [3.05, 3.63) is 34.7 Å². The summed E-state index contributed by atoms with van der Waals surface area (Å²) >= 11 is 1.00. The molecule has 0 aromatic heterocycles. The predicted octanol–water partition coefficient (Wildman–Crippen LogP) is 2.09. The van der Waals surface area contributed by atoms with E-state index in [4.69, 9.17) is 9.47 Å². The second-order valence-corrected chi connectivity index (χ2v) is 6.00. The van der Waals surface area contributed by atoms with Gasteiger partial charge in [0.15, 0.2) is 16.7 Å². The fourth-order valence-corrected chi connectivity index (χ4v) is 2.68. The van der Waals surface area contributed by atoms with Crippen LogP contribution >= 0.6 is 11.8 Å². The van der Waals surface area contributed by atoms with Crippen LogP contribution in [0.3, 0.4) is 0 Å². The molecule has 0 saturated carbocycles. The number of amidine groups is 1. The molecule has 1 aromatic rings. The Kier molecular flexibility index (Phi) is 7.22. The lowest BCUT2D eigenvalue weighted by Crippen LogP contribution is -2.19. The molecular weight excluding hydrogens is 358 g/mol. The third kappa shape index (κ3) is 5.09. The van der Waals surface area contributed by atoms with Crippen molar-refractivity contribution in [3.8, 4) is 11.5 Å². The van der Waals surface area contributed by atoms with Gasteiger partial charge < -0.3 is 14.2 Å². The van der Waals surface area contributed by atoms with Crippen LogP contribution < -0.4 is 14.8 Å². The van der Waals surface area contributed by atoms with Crippen LogP contribution in [0.1, 0.15) is 18.9 Å². The Hall–Kier alpha value is -2.81. The molecule has 0 radical (unpaired) electrons. The number of carbonyl (C=O) groups excluding carboxylic acids is 2. The second kappa shape index (κ2) is 9.62. The van der Waals surface area contributed by atoms with Crippen molar-refractivity contribution in [2.45, 2.75) is 13.3 Å². The van der Waals surface area contributed by atoms with Gasteiger partial charge in [0.1, 0.15) is 0 Å². The Labute approximate surface area is 155 Å². The summed E-state index contributed by atoms with van der Waals surface area (Å²) in [4.78, 5) is 23.2. The van der Waals surface area contributed by atoms with Crippen LogP contribution in [0.4, 0.5) is 0 Å². The minimum atomic E-state index is -0.610. The minimum Gasteiger partial charge on any atom is -0.493 e. The van der Waals surface area contributed by atoms with Crippen LogP contribution in [-0.2, 0) is 14.3 Å². The van der Waals surface area contributed by atoms with E-state index in [2.05, 4.69) is 20.3 Å². The van der Waals surface area contributed by atoms with E-state index in [-0.39, 0.29) is 10.1 Å². The first-order chi connectivity index (χ1) is 12.6. The number of amides is 1. The number of hydrogen-bond donors (Lipinski definition) is 1. The first-order valence-electron chi connectivity index (χ1n) is 7.78. The summed E-state index contributed by atoms with van der Waals surface area (Å²) in [5.74, 6) is 0.140. The third-order valence-corrected chi connectivity index (χ3v) is 4.03. The van der Waals surface area contributed by atoms with Crippen molar-refractivity contribution in [3.63, 3.8) is 0 Å². The van der Waals surface area contributed by atoms with Gasteiger partial charge in [-0.3, -0.25) is 10.1 Å². The lowest BCUT2D eigenvalue weighted by molar-refractivity contribution is -0.135. The summed E-state index contributed by atoms with van der Waals surface area (Å²) in [7, 11) is 2.80. The van der Waals surface area contributed by atoms with Crippen molar-refractivity contribution in [2.24, 2.45) is 10.2 Å². The van der Waals surface area contributed by atoms with Crippen LogP contribution in [0.15, 0.2) is 39.4 Å². The van der Waals surface area contributed by atoms with Crippen molar-refractivity contribution in [2.75, 3.05) is 20.8 Å². The summed E-state index contributed by atoms with van der Waals surface area (Å²) < 4.78 is 15.5. The number of carbonyl (C=O) groups is 2. The molecule has 9 heteroatoms. The Bertz CT molecular complexity index is 774. The summed E-state index contributed by atoms with van der Waals surface area (Å²) in [6, 6.07) is 5.43. The molecule has 1 heterocycles. The number of esters is 1. The fraction of sp³-hybridized carbons (Fsp3) is 0.294. The molecule has 0 aliphatic carbocycles. The molecule has 26 heavy (non-hydrogen) atoms. The van der Waals surface area contributed by atoms with Crippen LogP contribution in [0, 0.1) is 0 Å². The van der Waals surface area contributed by atoms with E-state index in [9.17, 15) is 9.59 Å². The Morgan fingerprint density at radius 3 is 2.85 bits per heavy atom. The number of para-hydroxylation sites is 1. The Morgan fingerprint density at radius 2 is 2.15 bits per heavy atom. The minimum absolute atomic E-state index is 0.194. The summed E-state index contributed by atoms with van der Waals surface area (Å²) in [5, 5.41) is 10.7. The lowest BCUT2D eigenvalue weighted by Gasteiger charge is -2.12. The number of hydrogen-bond acceptors (Lipinski definition) is 8. The highest BCUT2D eigenvalue weighted by Crippen LogP contribution is 2.30. The molecule has 8 nitrogen and oxygen atoms in total. The largest absolute Gasteiger partial charge is 0.493 e. The van der Waals surface area contributed by atoms with Gasteiger partial charge in [-0.1, -0.05) is 13.0 Å². The van der Waals surface area contributed by atoms with Gasteiger partial charge in [0, 0.05) is 11.6 Å². The average Bonchev–Trinajstić information content (AvgIpc) is 2.99. The van der Waals surface area contributed by atoms with Gasteiger partial charge in [-0.25, -0.2) is 4.79 Å². The van der Waals surface area contributed by atoms with Gasteiger partial charge in [-0.2, -0.15) is 5.10 Å². The maximum Gasteiger partial charge on any atom is 0.331 e. The van der Waals surface area contributed by atoms with Crippen molar-refractivity contribution < 1.29 is 23.8 Å². The zero-order valence-corrected chi connectivity index (χ0v) is 15.5. The van der Waals surface area contributed by atoms with Gasteiger partial charge in [-0.15, -0.1) is 5.10 Å². The monoisotopic (exact) mass is 377 g/mol. The van der Waals surface area contributed by atoms with E-state index in [1.807, 2.05) is 19.1 Å². The molecule has 1 N–H and O–H groups in total. The number of rotatable bonds is 7. The summed E-state index contributed by atoms with van der Waals surface area (Å²) in [6.45, 7) is 2.55. The molecule has 1 aliphatic heterocycles. The predicted molar refractivity (Wildman–Crippen MR) is 99.6 cm³/mol. The first-order valence-corrected chi connectivity index (χ1v) is 8.60. The van der Waals surface area contributed by atoms with E-state index < -0.39 is 11.9 Å². The number of thioether (sulfide) groups is 1. The lowest BCUT2D eigenvalue weighted by atomic mass is 10.2. The average molecular weight is 377 g/mol. The molecule has 1 saturated heterocycles. The Morgan fingerprint density at radius 1 is 1.35 bits per heavy atom. The number of ether oxygens (including phenoxy) is 3. The Balaban J connectivity index is 2.15. The number of nitrogens with one attached hydrogen (secondary N) is 1. The van der Waals surface area contributed by atoms with E-state index in [0.717, 1.165) is 24.3 Å². The smallest absolute Gasteiger partial charge is 0.331 e. The molecule has 0 atom stereocenters. The van der Waals surface area contributed by atoms with Gasteiger partial charge in [0.2, 0.25) is 0 Å². The SMILES string of the molecule is CCCOc1c(C=N/N=C2/NC(=O)/C(=C\C(=O)OC)S2)cccc1OC. The maximum atomic E-state index is 11.7. The van der Waals surface area contributed by atoms with Gasteiger partial charge in [0.25, 0.3) is 5.91 Å². The van der Waals surface area contributed by atoms with Crippen LogP contribution in [-0.4, -0.2) is 44.1 Å². The molecule has 1 amide bonds. The molecule has 0 bridgehead atoms. The third-order valence-electron chi connectivity index (χ3n) is 3.13. The number of benzene rings is 1. The zero-order valence-electron chi connectivity index (χ0n) is 14.6. The topological polar surface area (TPSA) is 98.6 Å². The maximum absolute atomic E-state index is 11.7. The molecule has 2 rings (SSSR count). The summed E-state index contributed by atoms with van der Waals surface area (Å²) in [6.07, 6.45) is 3.47. The van der Waals surface area contributed by atoms with Crippen molar-refractivity contribution in [1.82, 2.24) is 5.32 Å². The van der Waals surface area contributed by atoms with Gasteiger partial charge in [0.05, 0.1) is 31.9 Å². The highest BCUT2D eigenvalue weighted by atomic mass is 32.2. The van der Waals surface area contributed by atoms with Gasteiger partial charge in [-0.05, 0) is 30.3 Å². The van der Waals surface area contributed by atoms with Crippen LogP contribution in [0.2, 0.25) is 0 Å². The number of methoxy groups -OCH3 is 2. The first kappa shape index (κ1) is 19.5. The second-order valence-electron chi connectivity index (χ2n) is 4.96. The van der Waals surface area contributed by atoms with E-state index >= 15 is 0 Å². The quantitative estimate of drug-likeness (QED) is 0.338. The van der Waals surface area contributed by atoms with Gasteiger partial charge >= 0.3 is 5.97 Å². The summed E-state index contributed by atoms with van der Waals surface area (Å²) in [5.41, 5.74) is 0.696. The molecule has 1 fully saturated rings. The molecule has 0 unspecified atom stereocenters. The van der Waals surface area contributed by atoms with Crippen molar-refractivity contribution in [1.29, 1.82) is 0 Å². The van der Waals surface area contributed by atoms with E-state index in [0.29, 0.717) is 23.7 Å². The molecule has 1 aromatic carbocycles. The fourth-order valence-electron chi connectivity index (χ4n) is 1.94. The highest BCUT2D eigenvalue weighted by Gasteiger charge is 2.25. The zero-order chi connectivity index (χ0) is 18.9. The van der Waals surface area contributed by atoms with Crippen LogP contribution in [0.5, 0.6) is 11.5 Å².